The van der Waals surface area contributed by atoms with Gasteiger partial charge in [-0.05, 0) is 50.0 Å². The van der Waals surface area contributed by atoms with Crippen LogP contribution in [0.15, 0.2) is 52.9 Å². The molecule has 0 saturated carbocycles. The van der Waals surface area contributed by atoms with Gasteiger partial charge in [-0.2, -0.15) is 9.61 Å². The lowest BCUT2D eigenvalue weighted by Crippen LogP contribution is -2.46. The first kappa shape index (κ1) is 28.8. The summed E-state index contributed by atoms with van der Waals surface area (Å²) in [7, 11) is -0.598. The monoisotopic (exact) mass is 632 g/mol. The van der Waals surface area contributed by atoms with Crippen LogP contribution in [-0.2, 0) is 9.84 Å². The van der Waals surface area contributed by atoms with E-state index in [-0.39, 0.29) is 47.1 Å². The van der Waals surface area contributed by atoms with E-state index < -0.39 is 9.84 Å². The predicted octanol–water partition coefficient (Wildman–Crippen LogP) is 2.18. The van der Waals surface area contributed by atoms with Crippen LogP contribution in [-0.4, -0.2) is 93.9 Å². The van der Waals surface area contributed by atoms with Gasteiger partial charge in [0, 0.05) is 36.0 Å². The first-order valence-corrected chi connectivity index (χ1v) is 16.3. The zero-order valence-electron chi connectivity index (χ0n) is 24.9. The maximum Gasteiger partial charge on any atom is 0.292 e. The summed E-state index contributed by atoms with van der Waals surface area (Å²) in [5.74, 6) is 1.00. The van der Waals surface area contributed by atoms with Gasteiger partial charge < -0.3 is 30.0 Å². The molecule has 0 radical (unpaired) electrons. The number of nitrogens with zero attached hydrogens (tertiary/aromatic N) is 8. The Morgan fingerprint density at radius 2 is 1.87 bits per heavy atom. The Labute approximate surface area is 258 Å². The standard InChI is InChI=1S/C29H32N10O5S/c1-43-22-7-4-16(12-23(22)44-2)20-8-9-37(15-32-20)21-13-34-39-26(30)25(45(3,41)42)24(35-28(21)39)17-10-18-5-6-19(11-17)38(18)29(40)27-31-14-33-36-27/h4,7-9,12-14,17-19H,5-6,10-11,15,30H2,1-3H3,(H,31,33,36)/t17-,18+,19-. The van der Waals surface area contributed by atoms with Crippen LogP contribution >= 0.6 is 0 Å². The topological polar surface area (TPSA) is 186 Å². The number of anilines is 2. The second-order valence-electron chi connectivity index (χ2n) is 11.4. The van der Waals surface area contributed by atoms with Crippen molar-refractivity contribution in [2.24, 2.45) is 4.99 Å². The SMILES string of the molecule is COc1ccc(C2=NCN(c3cnn4c(N)c(S(C)(=O)=O)c([C@H]5C[C@H]6CC[C@@H](C5)N6C(=O)c5nnc[nH]5)nc34)C=C2)cc1OC. The van der Waals surface area contributed by atoms with E-state index in [1.807, 2.05) is 40.3 Å². The fourth-order valence-corrected chi connectivity index (χ4v) is 7.84. The molecule has 2 fully saturated rings. The number of amides is 1. The van der Waals surface area contributed by atoms with Gasteiger partial charge in [0.05, 0.1) is 31.8 Å². The van der Waals surface area contributed by atoms with Crippen molar-refractivity contribution in [2.75, 3.05) is 37.8 Å². The number of rotatable bonds is 7. The molecule has 7 rings (SSSR count). The van der Waals surface area contributed by atoms with E-state index in [9.17, 15) is 13.2 Å². The predicted molar refractivity (Wildman–Crippen MR) is 164 cm³/mol. The van der Waals surface area contributed by atoms with Gasteiger partial charge in [0.25, 0.3) is 5.91 Å². The lowest BCUT2D eigenvalue weighted by Gasteiger charge is -2.38. The van der Waals surface area contributed by atoms with Gasteiger partial charge in [0.2, 0.25) is 5.82 Å². The van der Waals surface area contributed by atoms with Crippen LogP contribution in [0.25, 0.3) is 5.65 Å². The number of H-pyrrole nitrogens is 1. The summed E-state index contributed by atoms with van der Waals surface area (Å²) in [5, 5.41) is 12.1. The van der Waals surface area contributed by atoms with E-state index in [1.165, 1.54) is 10.8 Å². The van der Waals surface area contributed by atoms with Crippen LogP contribution < -0.4 is 20.1 Å². The summed E-state index contributed by atoms with van der Waals surface area (Å²) in [6.45, 7) is 0.276. The average Bonchev–Trinajstić information content (AvgIpc) is 3.78. The lowest BCUT2D eigenvalue weighted by molar-refractivity contribution is 0.0556. The van der Waals surface area contributed by atoms with Crippen LogP contribution in [0, 0.1) is 0 Å². The Morgan fingerprint density at radius 1 is 1.11 bits per heavy atom. The van der Waals surface area contributed by atoms with Crippen molar-refractivity contribution in [3.63, 3.8) is 0 Å². The van der Waals surface area contributed by atoms with Gasteiger partial charge in [0.15, 0.2) is 27.0 Å². The second kappa shape index (κ2) is 10.9. The zero-order chi connectivity index (χ0) is 31.5. The maximum atomic E-state index is 13.2. The van der Waals surface area contributed by atoms with Crippen LogP contribution in [0.2, 0.25) is 0 Å². The number of allylic oxidation sites excluding steroid dienone is 1. The number of nitrogens with one attached hydrogen (secondary N) is 1. The summed E-state index contributed by atoms with van der Waals surface area (Å²) >= 11 is 0. The highest BCUT2D eigenvalue weighted by Gasteiger charge is 2.46. The molecule has 2 bridgehead atoms. The number of aromatic amines is 1. The largest absolute Gasteiger partial charge is 0.493 e. The van der Waals surface area contributed by atoms with Crippen molar-refractivity contribution >= 4 is 38.6 Å². The molecule has 3 aliphatic heterocycles. The van der Waals surface area contributed by atoms with E-state index in [1.54, 1.807) is 20.4 Å². The Morgan fingerprint density at radius 3 is 2.49 bits per heavy atom. The van der Waals surface area contributed by atoms with E-state index in [0.717, 1.165) is 30.4 Å². The molecule has 6 heterocycles. The molecule has 1 amide bonds. The summed E-state index contributed by atoms with van der Waals surface area (Å²) in [6.07, 6.45) is 10.6. The molecule has 3 aliphatic rings. The first-order chi connectivity index (χ1) is 21.7. The molecule has 15 nitrogen and oxygen atoms in total. The van der Waals surface area contributed by atoms with E-state index in [0.29, 0.717) is 41.4 Å². The Hall–Kier alpha value is -4.99. The summed E-state index contributed by atoms with van der Waals surface area (Å²) < 4.78 is 38.4. The van der Waals surface area contributed by atoms with Gasteiger partial charge in [-0.15, -0.1) is 10.2 Å². The van der Waals surface area contributed by atoms with Crippen molar-refractivity contribution < 1.29 is 22.7 Å². The van der Waals surface area contributed by atoms with Gasteiger partial charge in [-0.1, -0.05) is 0 Å². The molecule has 2 saturated heterocycles. The Kier molecular flexibility index (Phi) is 6.95. The molecule has 3 aromatic heterocycles. The highest BCUT2D eigenvalue weighted by molar-refractivity contribution is 7.91. The summed E-state index contributed by atoms with van der Waals surface area (Å²) in [5.41, 5.74) is 9.64. The number of fused-ring (bicyclic) bond motifs is 3. The number of hydrogen-bond donors (Lipinski definition) is 2. The molecule has 3 atom stereocenters. The first-order valence-electron chi connectivity index (χ1n) is 14.5. The van der Waals surface area contributed by atoms with E-state index in [4.69, 9.17) is 25.2 Å². The van der Waals surface area contributed by atoms with Crippen LogP contribution in [0.5, 0.6) is 11.5 Å². The number of carbonyl (C=O) groups excluding carboxylic acids is 1. The maximum absolute atomic E-state index is 13.2. The number of hydrogen-bond acceptors (Lipinski definition) is 12. The second-order valence-corrected chi connectivity index (χ2v) is 13.3. The van der Waals surface area contributed by atoms with Crippen molar-refractivity contribution in [3.05, 3.63) is 60.1 Å². The smallest absolute Gasteiger partial charge is 0.292 e. The molecule has 0 aliphatic carbocycles. The third-order valence-electron chi connectivity index (χ3n) is 8.78. The highest BCUT2D eigenvalue weighted by atomic mass is 32.2. The summed E-state index contributed by atoms with van der Waals surface area (Å²) in [4.78, 5) is 29.4. The highest BCUT2D eigenvalue weighted by Crippen LogP contribution is 2.45. The van der Waals surface area contributed by atoms with Gasteiger partial charge >= 0.3 is 0 Å². The van der Waals surface area contributed by atoms with E-state index >= 15 is 0 Å². The lowest BCUT2D eigenvalue weighted by atomic mass is 9.87. The van der Waals surface area contributed by atoms with Gasteiger partial charge in [-0.3, -0.25) is 9.79 Å². The normalized spacial score (nSPS) is 21.3. The zero-order valence-corrected chi connectivity index (χ0v) is 25.7. The Bertz CT molecular complexity index is 1960. The molecule has 16 heteroatoms. The molecule has 0 unspecified atom stereocenters. The number of aromatic nitrogens is 6. The number of nitrogens with two attached hydrogens (primary N) is 1. The van der Waals surface area contributed by atoms with Crippen LogP contribution in [0.4, 0.5) is 11.5 Å². The molecule has 3 N–H and O–H groups in total. The fourth-order valence-electron chi connectivity index (χ4n) is 6.78. The minimum atomic E-state index is -3.77. The van der Waals surface area contributed by atoms with Crippen molar-refractivity contribution in [3.8, 4) is 11.5 Å². The third-order valence-corrected chi connectivity index (χ3v) is 9.94. The van der Waals surface area contributed by atoms with Gasteiger partial charge in [0.1, 0.15) is 29.4 Å². The minimum absolute atomic E-state index is 0.00627. The molecule has 45 heavy (non-hydrogen) atoms. The van der Waals surface area contributed by atoms with E-state index in [2.05, 4.69) is 20.3 Å². The van der Waals surface area contributed by atoms with Crippen LogP contribution in [0.3, 0.4) is 0 Å². The van der Waals surface area contributed by atoms with Crippen LogP contribution in [0.1, 0.15) is 53.5 Å². The number of ether oxygens (including phenoxy) is 2. The van der Waals surface area contributed by atoms with Gasteiger partial charge in [-0.25, -0.2) is 13.4 Å². The number of carbonyl (C=O) groups is 1. The fraction of sp³-hybridized carbons (Fsp3) is 0.379. The minimum Gasteiger partial charge on any atom is -0.493 e. The Balaban J connectivity index is 1.21. The number of benzene rings is 1. The summed E-state index contributed by atoms with van der Waals surface area (Å²) in [6, 6.07) is 5.44. The number of methoxy groups -OCH3 is 2. The molecule has 0 spiro atoms. The quantitative estimate of drug-likeness (QED) is 0.304. The van der Waals surface area contributed by atoms with Crippen molar-refractivity contribution in [2.45, 2.75) is 48.6 Å². The average molecular weight is 633 g/mol. The molecular weight excluding hydrogens is 600 g/mol. The van der Waals surface area contributed by atoms with Crippen molar-refractivity contribution in [1.29, 1.82) is 0 Å². The molecular formula is C29H32N10O5S. The number of piperidine rings is 1. The molecule has 4 aromatic rings. The molecule has 234 valence electrons. The third kappa shape index (κ3) is 4.85. The number of sulfone groups is 1. The number of nitrogen functional groups attached to an aromatic ring is 1. The van der Waals surface area contributed by atoms with Crippen molar-refractivity contribution in [1.82, 2.24) is 34.7 Å². The molecule has 1 aromatic carbocycles. The number of aliphatic imine (C=N–C) groups is 1.